The van der Waals surface area contributed by atoms with Crippen molar-refractivity contribution in [1.82, 2.24) is 10.3 Å². The predicted molar refractivity (Wildman–Crippen MR) is 154 cm³/mol. The van der Waals surface area contributed by atoms with Gasteiger partial charge in [0.2, 0.25) is 20.9 Å². The average Bonchev–Trinajstić information content (AvgIpc) is 3.48. The molecule has 0 spiro atoms. The third kappa shape index (κ3) is 4.53. The van der Waals surface area contributed by atoms with Gasteiger partial charge >= 0.3 is 0 Å². The molecule has 3 amide bonds. The molecule has 1 atom stereocenters. The molecule has 12 heteroatoms. The van der Waals surface area contributed by atoms with Gasteiger partial charge in [-0.25, -0.2) is 8.42 Å². The number of imide groups is 1. The summed E-state index contributed by atoms with van der Waals surface area (Å²) in [6, 6.07) is 14.6. The van der Waals surface area contributed by atoms with E-state index in [1.54, 1.807) is 29.2 Å². The lowest BCUT2D eigenvalue weighted by molar-refractivity contribution is -0.134. The molecule has 3 aromatic carbocycles. The maximum Gasteiger partial charge on any atom is 0.298 e. The molecule has 3 aliphatic rings. The number of benzene rings is 3. The Bertz CT molecular complexity index is 1880. The van der Waals surface area contributed by atoms with Gasteiger partial charge in [-0.1, -0.05) is 24.3 Å². The minimum absolute atomic E-state index is 0.201. The standard InChI is InChI=1S/C29H25ClN4O6S/c30-41(38,39)15-16-4-6-21-24(14-16)40-29(31-21)33-12-10-17(11-13-33)18-5-7-22-26-19(18)2-1-3-20(26)28(37)34(22)23-8-9-25(35)32-27(23)36/h1-7,14,17,23H,8-13,15H2,(H,32,35,36). The molecule has 2 saturated heterocycles. The lowest BCUT2D eigenvalue weighted by atomic mass is 9.85. The highest BCUT2D eigenvalue weighted by Gasteiger charge is 2.41. The van der Waals surface area contributed by atoms with E-state index in [-0.39, 0.29) is 29.9 Å². The molecule has 2 fully saturated rings. The minimum Gasteiger partial charge on any atom is -0.423 e. The van der Waals surface area contributed by atoms with Crippen LogP contribution in [-0.4, -0.2) is 50.3 Å². The maximum absolute atomic E-state index is 13.5. The van der Waals surface area contributed by atoms with E-state index in [4.69, 9.17) is 15.1 Å². The molecule has 4 heterocycles. The SMILES string of the molecule is O=C1CCC(N2C(=O)c3cccc4c(C5CCN(c6nc7ccc(CS(=O)(=O)Cl)cc7o6)CC5)ccc2c34)C(=O)N1. The summed E-state index contributed by atoms with van der Waals surface area (Å²) in [5.41, 5.74) is 4.15. The first-order valence-corrected chi connectivity index (χ1v) is 15.9. The summed E-state index contributed by atoms with van der Waals surface area (Å²) >= 11 is 0. The van der Waals surface area contributed by atoms with E-state index in [2.05, 4.69) is 21.3 Å². The van der Waals surface area contributed by atoms with Crippen molar-refractivity contribution in [3.8, 4) is 0 Å². The first-order valence-electron chi connectivity index (χ1n) is 13.5. The summed E-state index contributed by atoms with van der Waals surface area (Å²) < 4.78 is 28.9. The van der Waals surface area contributed by atoms with Crippen molar-refractivity contribution >= 4 is 71.0 Å². The number of hydrogen-bond donors (Lipinski definition) is 1. The average molecular weight is 593 g/mol. The van der Waals surface area contributed by atoms with Crippen molar-refractivity contribution in [3.63, 3.8) is 0 Å². The summed E-state index contributed by atoms with van der Waals surface area (Å²) in [5, 5.41) is 4.23. The number of anilines is 2. The Balaban J connectivity index is 1.13. The molecule has 1 aromatic heterocycles. The van der Waals surface area contributed by atoms with Gasteiger partial charge in [-0.15, -0.1) is 0 Å². The lowest BCUT2D eigenvalue weighted by Gasteiger charge is -2.32. The van der Waals surface area contributed by atoms with Gasteiger partial charge in [-0.05, 0) is 66.0 Å². The third-order valence-corrected chi connectivity index (χ3v) is 9.27. The second kappa shape index (κ2) is 9.56. The van der Waals surface area contributed by atoms with Crippen LogP contribution in [0.4, 0.5) is 11.7 Å². The summed E-state index contributed by atoms with van der Waals surface area (Å²) in [6.45, 7) is 1.43. The van der Waals surface area contributed by atoms with Crippen LogP contribution in [0.1, 0.15) is 53.1 Å². The van der Waals surface area contributed by atoms with Crippen LogP contribution in [0.15, 0.2) is 52.9 Å². The van der Waals surface area contributed by atoms with Gasteiger partial charge in [0.25, 0.3) is 11.9 Å². The number of rotatable bonds is 5. The van der Waals surface area contributed by atoms with Gasteiger partial charge in [0, 0.05) is 41.1 Å². The number of amides is 3. The summed E-state index contributed by atoms with van der Waals surface area (Å²) in [4.78, 5) is 46.0. The van der Waals surface area contributed by atoms with Crippen molar-refractivity contribution in [3.05, 3.63) is 65.2 Å². The van der Waals surface area contributed by atoms with Crippen molar-refractivity contribution in [2.24, 2.45) is 0 Å². The molecular formula is C29H25ClN4O6S. The van der Waals surface area contributed by atoms with Crippen LogP contribution in [-0.2, 0) is 24.4 Å². The molecule has 10 nitrogen and oxygen atoms in total. The molecule has 0 radical (unpaired) electrons. The van der Waals surface area contributed by atoms with E-state index in [1.807, 2.05) is 18.2 Å². The number of aromatic nitrogens is 1. The van der Waals surface area contributed by atoms with Crippen LogP contribution in [0, 0.1) is 0 Å². The van der Waals surface area contributed by atoms with Gasteiger partial charge < -0.3 is 9.32 Å². The topological polar surface area (TPSA) is 130 Å². The van der Waals surface area contributed by atoms with E-state index in [9.17, 15) is 22.8 Å². The van der Waals surface area contributed by atoms with Crippen molar-refractivity contribution in [2.75, 3.05) is 22.9 Å². The van der Waals surface area contributed by atoms with Crippen LogP contribution in [0.2, 0.25) is 0 Å². The second-order valence-corrected chi connectivity index (χ2v) is 13.6. The molecule has 0 saturated carbocycles. The van der Waals surface area contributed by atoms with E-state index in [0.717, 1.165) is 29.2 Å². The molecule has 210 valence electrons. The Kier molecular flexibility index (Phi) is 6.05. The summed E-state index contributed by atoms with van der Waals surface area (Å²) in [7, 11) is 1.72. The molecule has 0 aliphatic carbocycles. The normalized spacial score (nSPS) is 19.9. The zero-order chi connectivity index (χ0) is 28.5. The fourth-order valence-electron chi connectivity index (χ4n) is 6.39. The first kappa shape index (κ1) is 26.0. The molecule has 1 N–H and O–H groups in total. The zero-order valence-corrected chi connectivity index (χ0v) is 23.4. The van der Waals surface area contributed by atoms with Crippen LogP contribution in [0.25, 0.3) is 21.9 Å². The van der Waals surface area contributed by atoms with Crippen molar-refractivity contribution < 1.29 is 27.2 Å². The van der Waals surface area contributed by atoms with Gasteiger partial charge in [-0.2, -0.15) is 4.98 Å². The molecule has 1 unspecified atom stereocenters. The Labute approximate surface area is 239 Å². The molecule has 7 rings (SSSR count). The van der Waals surface area contributed by atoms with Crippen LogP contribution >= 0.6 is 10.7 Å². The number of piperidine rings is 2. The van der Waals surface area contributed by atoms with Gasteiger partial charge in [0.05, 0.1) is 11.4 Å². The van der Waals surface area contributed by atoms with Crippen LogP contribution < -0.4 is 15.1 Å². The minimum atomic E-state index is -3.68. The number of halogens is 1. The van der Waals surface area contributed by atoms with E-state index in [0.29, 0.717) is 53.4 Å². The van der Waals surface area contributed by atoms with Gasteiger partial charge in [-0.3, -0.25) is 24.6 Å². The molecular weight excluding hydrogens is 568 g/mol. The van der Waals surface area contributed by atoms with Gasteiger partial charge in [0.15, 0.2) is 5.58 Å². The fraction of sp³-hybridized carbons (Fsp3) is 0.310. The number of hydrogen-bond acceptors (Lipinski definition) is 8. The Morgan fingerprint density at radius 3 is 2.59 bits per heavy atom. The second-order valence-electron chi connectivity index (χ2n) is 10.8. The maximum atomic E-state index is 13.5. The number of carbonyl (C=O) groups excluding carboxylic acids is 3. The monoisotopic (exact) mass is 592 g/mol. The first-order chi connectivity index (χ1) is 19.7. The lowest BCUT2D eigenvalue weighted by Crippen LogP contribution is -2.53. The fourth-order valence-corrected chi connectivity index (χ4v) is 7.34. The number of nitrogens with one attached hydrogen (secondary N) is 1. The summed E-state index contributed by atoms with van der Waals surface area (Å²) in [6.07, 6.45) is 2.19. The number of carbonyl (C=O) groups is 3. The Morgan fingerprint density at radius 2 is 1.83 bits per heavy atom. The molecule has 41 heavy (non-hydrogen) atoms. The highest BCUT2D eigenvalue weighted by atomic mass is 35.7. The quantitative estimate of drug-likeness (QED) is 0.270. The van der Waals surface area contributed by atoms with Gasteiger partial charge in [0.1, 0.15) is 11.6 Å². The van der Waals surface area contributed by atoms with E-state index >= 15 is 0 Å². The predicted octanol–water partition coefficient (Wildman–Crippen LogP) is 4.20. The van der Waals surface area contributed by atoms with Crippen LogP contribution in [0.5, 0.6) is 0 Å². The highest BCUT2D eigenvalue weighted by Crippen LogP contribution is 2.44. The van der Waals surface area contributed by atoms with E-state index < -0.39 is 21.0 Å². The van der Waals surface area contributed by atoms with E-state index in [1.165, 1.54) is 0 Å². The molecule has 0 bridgehead atoms. The number of oxazole rings is 1. The number of nitrogens with zero attached hydrogens (tertiary/aromatic N) is 3. The summed E-state index contributed by atoms with van der Waals surface area (Å²) in [5.74, 6) is -0.995. The highest BCUT2D eigenvalue weighted by molar-refractivity contribution is 8.13. The number of fused-ring (bicyclic) bond motifs is 1. The smallest absolute Gasteiger partial charge is 0.298 e. The largest absolute Gasteiger partial charge is 0.423 e. The van der Waals surface area contributed by atoms with Crippen molar-refractivity contribution in [1.29, 1.82) is 0 Å². The molecule has 4 aromatic rings. The molecule has 3 aliphatic heterocycles. The van der Waals surface area contributed by atoms with Crippen LogP contribution in [0.3, 0.4) is 0 Å². The third-order valence-electron chi connectivity index (χ3n) is 8.27. The van der Waals surface area contributed by atoms with Crippen molar-refractivity contribution in [2.45, 2.75) is 43.4 Å². The zero-order valence-electron chi connectivity index (χ0n) is 21.8. The Hall–Kier alpha value is -3.96. The Morgan fingerprint density at radius 1 is 1.02 bits per heavy atom.